The minimum atomic E-state index is -0.0251. The molecule has 0 saturated carbocycles. The van der Waals surface area contributed by atoms with Gasteiger partial charge in [0.2, 0.25) is 5.91 Å². The van der Waals surface area contributed by atoms with E-state index in [1.807, 2.05) is 54.8 Å². The summed E-state index contributed by atoms with van der Waals surface area (Å²) in [5, 5.41) is 5.77. The second kappa shape index (κ2) is 7.72. The molecule has 0 spiro atoms. The first-order chi connectivity index (χ1) is 13.2. The van der Waals surface area contributed by atoms with Crippen LogP contribution in [0, 0.1) is 0 Å². The van der Waals surface area contributed by atoms with Gasteiger partial charge in [-0.3, -0.25) is 4.79 Å². The summed E-state index contributed by atoms with van der Waals surface area (Å²) < 4.78 is 2.12. The molecule has 136 valence electrons. The highest BCUT2D eigenvalue weighted by Gasteiger charge is 2.20. The maximum absolute atomic E-state index is 12.4. The molecule has 1 unspecified atom stereocenters. The number of nitrogens with one attached hydrogen (secondary N) is 1. The normalized spacial score (nSPS) is 12.2. The number of pyridine rings is 1. The van der Waals surface area contributed by atoms with E-state index >= 15 is 0 Å². The number of imidazole rings is 1. The van der Waals surface area contributed by atoms with Gasteiger partial charge in [0.05, 0.1) is 11.5 Å². The summed E-state index contributed by atoms with van der Waals surface area (Å²) >= 11 is 1.52. The topological polar surface area (TPSA) is 59.8 Å². The fourth-order valence-electron chi connectivity index (χ4n) is 3.18. The minimum Gasteiger partial charge on any atom is -0.318 e. The van der Waals surface area contributed by atoms with Crippen LogP contribution in [0.3, 0.4) is 0 Å². The number of thiophene rings is 1. The Bertz CT molecular complexity index is 1040. The lowest BCUT2D eigenvalue weighted by Crippen LogP contribution is -2.16. The van der Waals surface area contributed by atoms with Crippen LogP contribution in [0.4, 0.5) is 5.00 Å². The molecule has 1 amide bonds. The van der Waals surface area contributed by atoms with Crippen LogP contribution in [0.25, 0.3) is 11.2 Å². The third kappa shape index (κ3) is 3.90. The average Bonchev–Trinajstić information content (AvgIpc) is 3.31. The summed E-state index contributed by atoms with van der Waals surface area (Å²) in [7, 11) is 0. The summed E-state index contributed by atoms with van der Waals surface area (Å²) in [6, 6.07) is 17.9. The number of rotatable bonds is 6. The van der Waals surface area contributed by atoms with E-state index < -0.39 is 0 Å². The second-order valence-electron chi connectivity index (χ2n) is 6.52. The Labute approximate surface area is 161 Å². The lowest BCUT2D eigenvalue weighted by atomic mass is 10.1. The van der Waals surface area contributed by atoms with Crippen molar-refractivity contribution < 1.29 is 4.79 Å². The second-order valence-corrected chi connectivity index (χ2v) is 7.47. The van der Waals surface area contributed by atoms with Gasteiger partial charge in [0.1, 0.15) is 11.3 Å². The first-order valence-electron chi connectivity index (χ1n) is 8.89. The van der Waals surface area contributed by atoms with E-state index in [0.29, 0.717) is 13.0 Å². The van der Waals surface area contributed by atoms with Crippen LogP contribution >= 0.6 is 11.3 Å². The van der Waals surface area contributed by atoms with E-state index in [4.69, 9.17) is 4.98 Å². The molecule has 0 saturated heterocycles. The number of hydrogen-bond acceptors (Lipinski definition) is 4. The molecule has 1 aromatic carbocycles. The van der Waals surface area contributed by atoms with Crippen molar-refractivity contribution in [3.63, 3.8) is 0 Å². The molecule has 3 aromatic heterocycles. The van der Waals surface area contributed by atoms with Gasteiger partial charge in [-0.1, -0.05) is 37.3 Å². The van der Waals surface area contributed by atoms with Gasteiger partial charge in [0.15, 0.2) is 5.65 Å². The minimum absolute atomic E-state index is 0.00349. The summed E-state index contributed by atoms with van der Waals surface area (Å²) in [6.45, 7) is 2.72. The summed E-state index contributed by atoms with van der Waals surface area (Å²) in [5.41, 5.74) is 2.88. The monoisotopic (exact) mass is 376 g/mol. The molecular formula is C21H20N4OS. The Morgan fingerprint density at radius 1 is 1.15 bits per heavy atom. The Kier molecular flexibility index (Phi) is 4.98. The van der Waals surface area contributed by atoms with E-state index in [9.17, 15) is 4.79 Å². The number of hydrogen-bond donors (Lipinski definition) is 1. The van der Waals surface area contributed by atoms with Crippen molar-refractivity contribution in [2.24, 2.45) is 0 Å². The van der Waals surface area contributed by atoms with Crippen molar-refractivity contribution in [3.8, 4) is 0 Å². The number of amides is 1. The third-order valence-corrected chi connectivity index (χ3v) is 5.22. The van der Waals surface area contributed by atoms with E-state index in [2.05, 4.69) is 27.0 Å². The first kappa shape index (κ1) is 17.4. The van der Waals surface area contributed by atoms with Gasteiger partial charge in [0.25, 0.3) is 0 Å². The number of fused-ring (bicyclic) bond motifs is 1. The van der Waals surface area contributed by atoms with Crippen LogP contribution in [-0.4, -0.2) is 20.4 Å². The van der Waals surface area contributed by atoms with Crippen molar-refractivity contribution >= 4 is 33.4 Å². The lowest BCUT2D eigenvalue weighted by molar-refractivity contribution is -0.116. The molecule has 5 nitrogen and oxygen atoms in total. The van der Waals surface area contributed by atoms with Gasteiger partial charge < -0.3 is 9.88 Å². The maximum Gasteiger partial charge on any atom is 0.225 e. The number of benzene rings is 1. The zero-order chi connectivity index (χ0) is 18.6. The van der Waals surface area contributed by atoms with Crippen LogP contribution in [0.15, 0.2) is 66.2 Å². The molecule has 27 heavy (non-hydrogen) atoms. The molecule has 0 aliphatic rings. The molecule has 1 N–H and O–H groups in total. The van der Waals surface area contributed by atoms with Gasteiger partial charge in [0, 0.05) is 18.5 Å². The molecule has 1 atom stereocenters. The quantitative estimate of drug-likeness (QED) is 0.532. The van der Waals surface area contributed by atoms with Crippen molar-refractivity contribution in [2.75, 3.05) is 5.32 Å². The fraction of sp³-hybridized carbons (Fsp3) is 0.190. The molecule has 0 aliphatic heterocycles. The highest BCUT2D eigenvalue weighted by Crippen LogP contribution is 2.25. The van der Waals surface area contributed by atoms with Gasteiger partial charge >= 0.3 is 0 Å². The van der Waals surface area contributed by atoms with Gasteiger partial charge in [-0.05, 0) is 35.2 Å². The van der Waals surface area contributed by atoms with Crippen molar-refractivity contribution in [2.45, 2.75) is 25.8 Å². The summed E-state index contributed by atoms with van der Waals surface area (Å²) in [5.74, 6) is 0.855. The van der Waals surface area contributed by atoms with Crippen LogP contribution in [0.1, 0.15) is 30.7 Å². The Balaban J connectivity index is 1.61. The molecule has 3 heterocycles. The van der Waals surface area contributed by atoms with Crippen LogP contribution in [0.5, 0.6) is 0 Å². The number of anilines is 1. The predicted octanol–water partition coefficient (Wildman–Crippen LogP) is 4.67. The van der Waals surface area contributed by atoms with E-state index in [1.54, 1.807) is 6.20 Å². The van der Waals surface area contributed by atoms with Crippen LogP contribution in [0.2, 0.25) is 0 Å². The average molecular weight is 376 g/mol. The van der Waals surface area contributed by atoms with Crippen LogP contribution < -0.4 is 5.32 Å². The van der Waals surface area contributed by atoms with Crippen molar-refractivity contribution in [1.82, 2.24) is 14.5 Å². The van der Waals surface area contributed by atoms with Gasteiger partial charge in [-0.15, -0.1) is 11.3 Å². The summed E-state index contributed by atoms with van der Waals surface area (Å²) in [6.07, 6.45) is 2.15. The molecule has 6 heteroatoms. The molecule has 4 aromatic rings. The third-order valence-electron chi connectivity index (χ3n) is 4.43. The van der Waals surface area contributed by atoms with Gasteiger partial charge in [-0.25, -0.2) is 9.97 Å². The zero-order valence-corrected chi connectivity index (χ0v) is 15.8. The fourth-order valence-corrected chi connectivity index (χ4v) is 3.82. The van der Waals surface area contributed by atoms with Crippen LogP contribution in [-0.2, 0) is 11.3 Å². The maximum atomic E-state index is 12.4. The highest BCUT2D eigenvalue weighted by molar-refractivity contribution is 7.14. The van der Waals surface area contributed by atoms with Gasteiger partial charge in [-0.2, -0.15) is 0 Å². The van der Waals surface area contributed by atoms with E-state index in [0.717, 1.165) is 22.0 Å². The number of carbonyl (C=O) groups is 1. The Morgan fingerprint density at radius 3 is 2.78 bits per heavy atom. The van der Waals surface area contributed by atoms with E-state index in [-0.39, 0.29) is 11.8 Å². The molecule has 4 rings (SSSR count). The zero-order valence-electron chi connectivity index (χ0n) is 15.0. The first-order valence-corrected chi connectivity index (χ1v) is 9.77. The Hall–Kier alpha value is -2.99. The lowest BCUT2D eigenvalue weighted by Gasteiger charge is -2.14. The highest BCUT2D eigenvalue weighted by atomic mass is 32.1. The molecule has 0 aliphatic carbocycles. The molecule has 0 fully saturated rings. The largest absolute Gasteiger partial charge is 0.318 e. The summed E-state index contributed by atoms with van der Waals surface area (Å²) in [4.78, 5) is 21.7. The number of carbonyl (C=O) groups excluding carboxylic acids is 1. The molecular weight excluding hydrogens is 356 g/mol. The standard InChI is InChI=1S/C21H20N4OS/c1-15(13-18(26)24-19-10-6-12-27-19)20-23-17-9-5-11-22-21(17)25(20)14-16-7-3-2-4-8-16/h2-12,15H,13-14H2,1H3,(H,24,26). The molecule has 0 bridgehead atoms. The van der Waals surface area contributed by atoms with Crippen molar-refractivity contribution in [3.05, 3.63) is 77.6 Å². The Morgan fingerprint density at radius 2 is 2.00 bits per heavy atom. The van der Waals surface area contributed by atoms with E-state index in [1.165, 1.54) is 16.9 Å². The SMILES string of the molecule is CC(CC(=O)Nc1cccs1)c1nc2cccnc2n1Cc1ccccc1. The smallest absolute Gasteiger partial charge is 0.225 e. The number of aromatic nitrogens is 3. The predicted molar refractivity (Wildman–Crippen MR) is 109 cm³/mol. The number of nitrogens with zero attached hydrogens (tertiary/aromatic N) is 3. The molecule has 0 radical (unpaired) electrons. The van der Waals surface area contributed by atoms with Crippen molar-refractivity contribution in [1.29, 1.82) is 0 Å².